The fourth-order valence-electron chi connectivity index (χ4n) is 2.15. The van der Waals surface area contributed by atoms with E-state index in [2.05, 4.69) is 10.3 Å². The molecule has 1 amide bonds. The first-order valence-corrected chi connectivity index (χ1v) is 8.33. The van der Waals surface area contributed by atoms with Gasteiger partial charge in [-0.1, -0.05) is 26.0 Å². The summed E-state index contributed by atoms with van der Waals surface area (Å²) < 4.78 is 56.6. The fraction of sp³-hybridized carbons (Fsp3) is 0.368. The summed E-state index contributed by atoms with van der Waals surface area (Å²) in [5, 5.41) is 2.75. The van der Waals surface area contributed by atoms with Gasteiger partial charge in [0.1, 0.15) is 11.5 Å². The minimum absolute atomic E-state index is 0.0284. The topological polar surface area (TPSA) is 51.2 Å². The van der Waals surface area contributed by atoms with Gasteiger partial charge in [0.05, 0.1) is 18.8 Å². The Labute approximate surface area is 154 Å². The average molecular weight is 384 g/mol. The van der Waals surface area contributed by atoms with Crippen LogP contribution < -0.4 is 5.32 Å². The number of pyridine rings is 1. The summed E-state index contributed by atoms with van der Waals surface area (Å²) >= 11 is 0. The number of halogens is 4. The van der Waals surface area contributed by atoms with Crippen LogP contribution in [-0.2, 0) is 24.1 Å². The van der Waals surface area contributed by atoms with E-state index in [1.165, 1.54) is 6.20 Å². The van der Waals surface area contributed by atoms with Crippen LogP contribution in [0.15, 0.2) is 36.5 Å². The zero-order chi connectivity index (χ0) is 20.0. The lowest BCUT2D eigenvalue weighted by Crippen LogP contribution is -2.28. The van der Waals surface area contributed by atoms with E-state index in [-0.39, 0.29) is 30.4 Å². The number of benzene rings is 1. The molecule has 2 rings (SSSR count). The van der Waals surface area contributed by atoms with Crippen molar-refractivity contribution >= 4 is 5.91 Å². The van der Waals surface area contributed by atoms with Crippen molar-refractivity contribution in [2.24, 2.45) is 5.92 Å². The molecule has 4 nitrogen and oxygen atoms in total. The van der Waals surface area contributed by atoms with Gasteiger partial charge >= 0.3 is 6.18 Å². The van der Waals surface area contributed by atoms with Crippen LogP contribution in [0.4, 0.5) is 17.6 Å². The van der Waals surface area contributed by atoms with Crippen LogP contribution in [0.3, 0.4) is 0 Å². The second-order valence-corrected chi connectivity index (χ2v) is 6.45. The molecule has 2 aromatic rings. The van der Waals surface area contributed by atoms with Crippen molar-refractivity contribution in [1.82, 2.24) is 10.3 Å². The summed E-state index contributed by atoms with van der Waals surface area (Å²) in [6.45, 7) is 4.41. The Kier molecular flexibility index (Phi) is 6.90. The normalized spacial score (nSPS) is 11.7. The molecule has 146 valence electrons. The van der Waals surface area contributed by atoms with Crippen LogP contribution in [0.2, 0.25) is 0 Å². The van der Waals surface area contributed by atoms with E-state index >= 15 is 0 Å². The highest BCUT2D eigenvalue weighted by Gasteiger charge is 2.31. The van der Waals surface area contributed by atoms with Crippen LogP contribution >= 0.6 is 0 Å². The maximum absolute atomic E-state index is 13.7. The van der Waals surface area contributed by atoms with Gasteiger partial charge < -0.3 is 10.1 Å². The second kappa shape index (κ2) is 8.94. The monoisotopic (exact) mass is 384 g/mol. The smallest absolute Gasteiger partial charge is 0.372 e. The number of carbonyl (C=O) groups excluding carboxylic acids is 1. The quantitative estimate of drug-likeness (QED) is 0.723. The van der Waals surface area contributed by atoms with E-state index in [0.717, 1.165) is 12.1 Å². The van der Waals surface area contributed by atoms with Crippen molar-refractivity contribution in [3.8, 4) is 0 Å². The minimum atomic E-state index is -4.59. The van der Waals surface area contributed by atoms with E-state index in [1.54, 1.807) is 12.1 Å². The molecule has 0 aliphatic heterocycles. The second-order valence-electron chi connectivity index (χ2n) is 6.45. The SMILES string of the molecule is CC(C)CNC(=O)c1ccc(COCc2ccc(C(F)(F)F)cc2F)cn1. The predicted molar refractivity (Wildman–Crippen MR) is 91.3 cm³/mol. The molecule has 8 heteroatoms. The number of rotatable bonds is 7. The average Bonchev–Trinajstić information content (AvgIpc) is 2.60. The maximum atomic E-state index is 13.7. The Balaban J connectivity index is 1.88. The van der Waals surface area contributed by atoms with Gasteiger partial charge in [-0.05, 0) is 29.7 Å². The standard InChI is InChI=1S/C19H20F4N2O2/c1-12(2)8-25-18(26)17-6-3-13(9-24-17)10-27-11-14-4-5-15(7-16(14)20)19(21,22)23/h3-7,9,12H,8,10-11H2,1-2H3,(H,25,26). The molecular formula is C19H20F4N2O2. The van der Waals surface area contributed by atoms with Gasteiger partial charge in [0.2, 0.25) is 0 Å². The number of amides is 1. The van der Waals surface area contributed by atoms with E-state index in [1.807, 2.05) is 13.8 Å². The van der Waals surface area contributed by atoms with E-state index in [0.29, 0.717) is 24.1 Å². The molecule has 0 unspecified atom stereocenters. The number of hydrogen-bond donors (Lipinski definition) is 1. The zero-order valence-corrected chi connectivity index (χ0v) is 14.9. The van der Waals surface area contributed by atoms with Crippen LogP contribution in [0.1, 0.15) is 41.0 Å². The lowest BCUT2D eigenvalue weighted by molar-refractivity contribution is -0.137. The Morgan fingerprint density at radius 2 is 1.93 bits per heavy atom. The van der Waals surface area contributed by atoms with Gasteiger partial charge in [-0.3, -0.25) is 9.78 Å². The van der Waals surface area contributed by atoms with E-state index in [4.69, 9.17) is 4.74 Å². The molecule has 0 aliphatic rings. The van der Waals surface area contributed by atoms with Crippen molar-refractivity contribution in [1.29, 1.82) is 0 Å². The van der Waals surface area contributed by atoms with Crippen molar-refractivity contribution < 1.29 is 27.1 Å². The Bertz CT molecular complexity index is 774. The first kappa shape index (κ1) is 20.8. The highest BCUT2D eigenvalue weighted by molar-refractivity contribution is 5.92. The van der Waals surface area contributed by atoms with Crippen molar-refractivity contribution in [2.45, 2.75) is 33.2 Å². The minimum Gasteiger partial charge on any atom is -0.372 e. The summed E-state index contributed by atoms with van der Waals surface area (Å²) in [6, 6.07) is 5.52. The van der Waals surface area contributed by atoms with Crippen molar-refractivity contribution in [3.05, 3.63) is 64.7 Å². The summed E-state index contributed by atoms with van der Waals surface area (Å²) in [5.41, 5.74) is -0.0872. The molecule has 1 aromatic heterocycles. The molecule has 0 bridgehead atoms. The van der Waals surface area contributed by atoms with E-state index < -0.39 is 17.6 Å². The van der Waals surface area contributed by atoms with Gasteiger partial charge in [-0.25, -0.2) is 4.39 Å². The van der Waals surface area contributed by atoms with Gasteiger partial charge in [0.25, 0.3) is 5.91 Å². The largest absolute Gasteiger partial charge is 0.416 e. The summed E-state index contributed by atoms with van der Waals surface area (Å²) in [4.78, 5) is 15.9. The van der Waals surface area contributed by atoms with Gasteiger partial charge in [-0.15, -0.1) is 0 Å². The molecule has 1 N–H and O–H groups in total. The van der Waals surface area contributed by atoms with Crippen molar-refractivity contribution in [3.63, 3.8) is 0 Å². The third-order valence-corrected chi connectivity index (χ3v) is 3.63. The van der Waals surface area contributed by atoms with Gasteiger partial charge in [0, 0.05) is 18.3 Å². The van der Waals surface area contributed by atoms with Crippen LogP contribution in [-0.4, -0.2) is 17.4 Å². The molecule has 0 spiro atoms. The molecule has 0 saturated heterocycles. The number of nitrogens with one attached hydrogen (secondary N) is 1. The molecule has 0 aliphatic carbocycles. The molecule has 0 radical (unpaired) electrons. The first-order valence-electron chi connectivity index (χ1n) is 8.33. The first-order chi connectivity index (χ1) is 12.7. The lowest BCUT2D eigenvalue weighted by atomic mass is 10.1. The number of ether oxygens (including phenoxy) is 1. The van der Waals surface area contributed by atoms with Gasteiger partial charge in [0.15, 0.2) is 0 Å². The highest BCUT2D eigenvalue weighted by Crippen LogP contribution is 2.30. The summed E-state index contributed by atoms with van der Waals surface area (Å²) in [6.07, 6.45) is -3.12. The Hall–Kier alpha value is -2.48. The predicted octanol–water partition coefficient (Wildman–Crippen LogP) is 4.34. The third-order valence-electron chi connectivity index (χ3n) is 3.63. The summed E-state index contributed by atoms with van der Waals surface area (Å²) in [5.74, 6) is -0.921. The molecular weight excluding hydrogens is 364 g/mol. The molecule has 1 heterocycles. The lowest BCUT2D eigenvalue weighted by Gasteiger charge is -2.10. The number of hydrogen-bond acceptors (Lipinski definition) is 3. The maximum Gasteiger partial charge on any atom is 0.416 e. The number of nitrogens with zero attached hydrogens (tertiary/aromatic N) is 1. The third kappa shape index (κ3) is 6.32. The van der Waals surface area contributed by atoms with Crippen LogP contribution in [0, 0.1) is 11.7 Å². The molecule has 27 heavy (non-hydrogen) atoms. The molecule has 0 saturated carbocycles. The molecule has 0 atom stereocenters. The van der Waals surface area contributed by atoms with Crippen molar-refractivity contribution in [2.75, 3.05) is 6.54 Å². The molecule has 1 aromatic carbocycles. The van der Waals surface area contributed by atoms with Crippen LogP contribution in [0.5, 0.6) is 0 Å². The Morgan fingerprint density at radius 3 is 2.48 bits per heavy atom. The number of carbonyl (C=O) groups is 1. The fourth-order valence-corrected chi connectivity index (χ4v) is 2.15. The zero-order valence-electron chi connectivity index (χ0n) is 14.9. The van der Waals surface area contributed by atoms with Gasteiger partial charge in [-0.2, -0.15) is 13.2 Å². The Morgan fingerprint density at radius 1 is 1.19 bits per heavy atom. The number of aromatic nitrogens is 1. The van der Waals surface area contributed by atoms with Crippen LogP contribution in [0.25, 0.3) is 0 Å². The van der Waals surface area contributed by atoms with E-state index in [9.17, 15) is 22.4 Å². The highest BCUT2D eigenvalue weighted by atomic mass is 19.4. The number of alkyl halides is 3. The summed E-state index contributed by atoms with van der Waals surface area (Å²) in [7, 11) is 0. The molecule has 0 fully saturated rings.